The zero-order valence-electron chi connectivity index (χ0n) is 12.3. The van der Waals surface area contributed by atoms with Gasteiger partial charge in [-0.25, -0.2) is 0 Å². The minimum Gasteiger partial charge on any atom is -0.378 e. The topological polar surface area (TPSA) is 74.2 Å². The molecule has 1 aromatic rings. The van der Waals surface area contributed by atoms with Gasteiger partial charge in [-0.3, -0.25) is 0 Å². The quantitative estimate of drug-likeness (QED) is 0.920. The molecule has 1 aliphatic heterocycles. The zero-order valence-corrected chi connectivity index (χ0v) is 12.3. The van der Waals surface area contributed by atoms with Crippen molar-refractivity contribution in [1.29, 1.82) is 0 Å². The third-order valence-electron chi connectivity index (χ3n) is 4.74. The fourth-order valence-corrected chi connectivity index (χ4v) is 3.20. The molecule has 0 bridgehead atoms. The van der Waals surface area contributed by atoms with Crippen molar-refractivity contribution in [2.24, 2.45) is 11.7 Å². The molecule has 112 valence electrons. The second-order valence-electron chi connectivity index (χ2n) is 6.55. The molecular formula is C15H25N3O2. The molecule has 3 rings (SSSR count). The first-order valence-electron chi connectivity index (χ1n) is 7.89. The van der Waals surface area contributed by atoms with E-state index in [0.29, 0.717) is 5.89 Å². The summed E-state index contributed by atoms with van der Waals surface area (Å²) < 4.78 is 11.2. The summed E-state index contributed by atoms with van der Waals surface area (Å²) in [5, 5.41) is 4.10. The molecule has 20 heavy (non-hydrogen) atoms. The maximum Gasteiger partial charge on any atom is 0.246 e. The van der Waals surface area contributed by atoms with E-state index >= 15 is 0 Å². The summed E-state index contributed by atoms with van der Waals surface area (Å²) in [7, 11) is 0. The summed E-state index contributed by atoms with van der Waals surface area (Å²) in [5.41, 5.74) is 6.05. The van der Waals surface area contributed by atoms with Crippen LogP contribution in [0.5, 0.6) is 0 Å². The van der Waals surface area contributed by atoms with Crippen LogP contribution in [0.3, 0.4) is 0 Å². The number of hydrogen-bond donors (Lipinski definition) is 1. The normalized spacial score (nSPS) is 35.1. The van der Waals surface area contributed by atoms with Crippen molar-refractivity contribution in [2.45, 2.75) is 69.9 Å². The average molecular weight is 279 g/mol. The molecule has 5 nitrogen and oxygen atoms in total. The van der Waals surface area contributed by atoms with Crippen LogP contribution in [0.2, 0.25) is 0 Å². The first kappa shape index (κ1) is 14.0. The second-order valence-corrected chi connectivity index (χ2v) is 6.55. The highest BCUT2D eigenvalue weighted by atomic mass is 16.5. The van der Waals surface area contributed by atoms with Gasteiger partial charge < -0.3 is 15.0 Å². The third-order valence-corrected chi connectivity index (χ3v) is 4.74. The lowest BCUT2D eigenvalue weighted by atomic mass is 9.78. The summed E-state index contributed by atoms with van der Waals surface area (Å²) >= 11 is 0. The molecule has 0 spiro atoms. The Morgan fingerprint density at radius 1 is 1.25 bits per heavy atom. The number of rotatable bonds is 3. The Morgan fingerprint density at radius 3 is 2.75 bits per heavy atom. The maximum atomic E-state index is 6.46. The molecule has 1 aliphatic carbocycles. The van der Waals surface area contributed by atoms with Crippen LogP contribution in [0.25, 0.3) is 0 Å². The van der Waals surface area contributed by atoms with Gasteiger partial charge in [-0.15, -0.1) is 0 Å². The molecule has 1 unspecified atom stereocenters. The van der Waals surface area contributed by atoms with E-state index in [1.54, 1.807) is 0 Å². The van der Waals surface area contributed by atoms with Crippen molar-refractivity contribution in [3.05, 3.63) is 11.7 Å². The van der Waals surface area contributed by atoms with Gasteiger partial charge in [-0.05, 0) is 50.9 Å². The molecule has 1 saturated carbocycles. The molecule has 0 radical (unpaired) electrons. The van der Waals surface area contributed by atoms with Gasteiger partial charge in [-0.1, -0.05) is 12.1 Å². The predicted molar refractivity (Wildman–Crippen MR) is 75.1 cm³/mol. The lowest BCUT2D eigenvalue weighted by molar-refractivity contribution is 0.0153. The molecule has 1 atom stereocenters. The van der Waals surface area contributed by atoms with Crippen LogP contribution in [0.1, 0.15) is 63.6 Å². The van der Waals surface area contributed by atoms with Crippen LogP contribution >= 0.6 is 0 Å². The van der Waals surface area contributed by atoms with Crippen molar-refractivity contribution in [2.75, 3.05) is 6.61 Å². The molecule has 2 N–H and O–H groups in total. The Morgan fingerprint density at radius 2 is 2.05 bits per heavy atom. The molecule has 1 aromatic heterocycles. The minimum absolute atomic E-state index is 0.245. The van der Waals surface area contributed by atoms with Gasteiger partial charge in [0.05, 0.1) is 11.6 Å². The maximum absolute atomic E-state index is 6.46. The monoisotopic (exact) mass is 279 g/mol. The molecule has 5 heteroatoms. The molecule has 1 saturated heterocycles. The standard InChI is InChI=1S/C15H25N3O2/c1-11-5-7-15(16,8-6-11)14-17-13(18-20-14)10-12-4-2-3-9-19-12/h11-12H,2-10,16H2,1H3. The van der Waals surface area contributed by atoms with Crippen LogP contribution < -0.4 is 5.73 Å². The molecule has 0 aromatic carbocycles. The van der Waals surface area contributed by atoms with Crippen molar-refractivity contribution in [1.82, 2.24) is 10.1 Å². The van der Waals surface area contributed by atoms with Gasteiger partial charge in [-0.2, -0.15) is 4.98 Å². The van der Waals surface area contributed by atoms with E-state index < -0.39 is 5.54 Å². The van der Waals surface area contributed by atoms with Gasteiger partial charge in [0.25, 0.3) is 0 Å². The van der Waals surface area contributed by atoms with Gasteiger partial charge in [0, 0.05) is 13.0 Å². The molecule has 2 fully saturated rings. The van der Waals surface area contributed by atoms with Gasteiger partial charge in [0.2, 0.25) is 5.89 Å². The lowest BCUT2D eigenvalue weighted by Crippen LogP contribution is -2.40. The van der Waals surface area contributed by atoms with E-state index in [9.17, 15) is 0 Å². The number of nitrogens with two attached hydrogens (primary N) is 1. The zero-order chi connectivity index (χ0) is 14.0. The van der Waals surface area contributed by atoms with Crippen LogP contribution in [0.15, 0.2) is 4.52 Å². The summed E-state index contributed by atoms with van der Waals surface area (Å²) in [6, 6.07) is 0. The first-order valence-corrected chi connectivity index (χ1v) is 7.89. The molecule has 2 heterocycles. The predicted octanol–water partition coefficient (Wildman–Crippen LogP) is 2.55. The summed E-state index contributed by atoms with van der Waals surface area (Å²) in [5.74, 6) is 2.12. The van der Waals surface area contributed by atoms with Crippen molar-refractivity contribution >= 4 is 0 Å². The number of ether oxygens (including phenoxy) is 1. The van der Waals surface area contributed by atoms with Crippen molar-refractivity contribution in [3.63, 3.8) is 0 Å². The second kappa shape index (κ2) is 5.82. The Labute approximate surface area is 120 Å². The van der Waals surface area contributed by atoms with Crippen molar-refractivity contribution < 1.29 is 9.26 Å². The fourth-order valence-electron chi connectivity index (χ4n) is 3.20. The van der Waals surface area contributed by atoms with Crippen molar-refractivity contribution in [3.8, 4) is 0 Å². The Hall–Kier alpha value is -0.940. The highest BCUT2D eigenvalue weighted by molar-refractivity contribution is 5.04. The average Bonchev–Trinajstić information content (AvgIpc) is 2.93. The molecule has 0 amide bonds. The number of aromatic nitrogens is 2. The van der Waals surface area contributed by atoms with Crippen LogP contribution in [-0.2, 0) is 16.7 Å². The SMILES string of the molecule is CC1CCC(N)(c2nc(CC3CCCCO3)no2)CC1. The smallest absolute Gasteiger partial charge is 0.246 e. The van der Waals surface area contributed by atoms with E-state index in [-0.39, 0.29) is 6.10 Å². The lowest BCUT2D eigenvalue weighted by Gasteiger charge is -2.32. The molecular weight excluding hydrogens is 254 g/mol. The summed E-state index contributed by atoms with van der Waals surface area (Å²) in [6.45, 7) is 3.13. The highest BCUT2D eigenvalue weighted by Crippen LogP contribution is 2.36. The minimum atomic E-state index is -0.412. The highest BCUT2D eigenvalue weighted by Gasteiger charge is 2.37. The summed E-state index contributed by atoms with van der Waals surface area (Å²) in [4.78, 5) is 4.54. The van der Waals surface area contributed by atoms with Crippen LogP contribution in [-0.4, -0.2) is 22.9 Å². The van der Waals surface area contributed by atoms with Crippen LogP contribution in [0.4, 0.5) is 0 Å². The number of hydrogen-bond acceptors (Lipinski definition) is 5. The Balaban J connectivity index is 1.63. The van der Waals surface area contributed by atoms with E-state index in [1.807, 2.05) is 0 Å². The largest absolute Gasteiger partial charge is 0.378 e. The van der Waals surface area contributed by atoms with Gasteiger partial charge in [0.15, 0.2) is 5.82 Å². The van der Waals surface area contributed by atoms with E-state index in [0.717, 1.165) is 63.3 Å². The first-order chi connectivity index (χ1) is 9.66. The summed E-state index contributed by atoms with van der Waals surface area (Å²) in [6.07, 6.45) is 8.64. The van der Waals surface area contributed by atoms with Crippen LogP contribution in [0, 0.1) is 5.92 Å². The van der Waals surface area contributed by atoms with E-state index in [4.69, 9.17) is 15.0 Å². The number of nitrogens with zero attached hydrogens (tertiary/aromatic N) is 2. The van der Waals surface area contributed by atoms with E-state index in [2.05, 4.69) is 17.1 Å². The fraction of sp³-hybridized carbons (Fsp3) is 0.867. The van der Waals surface area contributed by atoms with Gasteiger partial charge >= 0.3 is 0 Å². The van der Waals surface area contributed by atoms with Gasteiger partial charge in [0.1, 0.15) is 0 Å². The molecule has 2 aliphatic rings. The Kier molecular flexibility index (Phi) is 4.08. The Bertz CT molecular complexity index is 432. The van der Waals surface area contributed by atoms with E-state index in [1.165, 1.54) is 6.42 Å². The third kappa shape index (κ3) is 3.04.